The van der Waals surface area contributed by atoms with Gasteiger partial charge in [0.25, 0.3) is 0 Å². The Hall–Kier alpha value is -1.57. The van der Waals surface area contributed by atoms with Gasteiger partial charge in [0.2, 0.25) is 5.95 Å². The molecule has 0 aliphatic carbocycles. The van der Waals surface area contributed by atoms with Crippen LogP contribution >= 0.6 is 11.3 Å². The van der Waals surface area contributed by atoms with Gasteiger partial charge in [-0.3, -0.25) is 4.90 Å². The minimum absolute atomic E-state index is 0.0577. The highest BCUT2D eigenvalue weighted by molar-refractivity contribution is 7.09. The molecule has 0 bridgehead atoms. The van der Waals surface area contributed by atoms with Crippen molar-refractivity contribution < 1.29 is 4.74 Å². The fourth-order valence-electron chi connectivity index (χ4n) is 3.87. The normalized spacial score (nSPS) is 22.2. The van der Waals surface area contributed by atoms with Crippen LogP contribution in [0.1, 0.15) is 29.1 Å². The van der Waals surface area contributed by atoms with Crippen molar-refractivity contribution in [3.8, 4) is 0 Å². The number of rotatable bonds is 6. The molecule has 2 aliphatic rings. The third-order valence-corrected chi connectivity index (χ3v) is 6.12. The first kappa shape index (κ1) is 16.9. The summed E-state index contributed by atoms with van der Waals surface area (Å²) < 4.78 is 6.16. The van der Waals surface area contributed by atoms with Crippen LogP contribution < -0.4 is 5.32 Å². The molecular weight excluding hydrogens is 334 g/mol. The summed E-state index contributed by atoms with van der Waals surface area (Å²) in [5.41, 5.74) is 2.26. The van der Waals surface area contributed by atoms with Gasteiger partial charge in [0.15, 0.2) is 0 Å². The Morgan fingerprint density at radius 2 is 2.12 bits per heavy atom. The van der Waals surface area contributed by atoms with Crippen LogP contribution in [-0.4, -0.2) is 51.7 Å². The number of nitrogens with one attached hydrogen (secondary N) is 1. The van der Waals surface area contributed by atoms with Gasteiger partial charge in [-0.25, -0.2) is 15.0 Å². The van der Waals surface area contributed by atoms with Crippen LogP contribution in [0.4, 0.5) is 5.95 Å². The summed E-state index contributed by atoms with van der Waals surface area (Å²) >= 11 is 1.75. The van der Waals surface area contributed by atoms with E-state index >= 15 is 0 Å². The average Bonchev–Trinajstić information content (AvgIpc) is 3.16. The van der Waals surface area contributed by atoms with Gasteiger partial charge in [0.05, 0.1) is 12.1 Å². The Bertz CT molecular complexity index is 711. The predicted molar refractivity (Wildman–Crippen MR) is 98.8 cm³/mol. The number of ether oxygens (including phenoxy) is 1. The number of aromatic nitrogens is 3. The summed E-state index contributed by atoms with van der Waals surface area (Å²) in [6.45, 7) is 8.83. The van der Waals surface area contributed by atoms with Crippen LogP contribution in [0.15, 0.2) is 17.8 Å². The molecule has 4 rings (SSSR count). The van der Waals surface area contributed by atoms with E-state index in [1.54, 1.807) is 11.3 Å². The Labute approximate surface area is 152 Å². The molecule has 7 heteroatoms. The zero-order chi connectivity index (χ0) is 17.3. The Morgan fingerprint density at radius 3 is 2.84 bits per heavy atom. The Morgan fingerprint density at radius 1 is 1.32 bits per heavy atom. The van der Waals surface area contributed by atoms with Crippen LogP contribution in [0, 0.1) is 19.8 Å². The SMILES string of the molecule is Cc1cnc(NCC[C@@H]2CCOC23CN(Cc2nc(C)cs2)C3)nc1. The minimum atomic E-state index is 0.0577. The third-order valence-electron chi connectivity index (χ3n) is 5.16. The van der Waals surface area contributed by atoms with Crippen LogP contribution in [0.5, 0.6) is 0 Å². The summed E-state index contributed by atoms with van der Waals surface area (Å²) in [6, 6.07) is 0. The first-order valence-electron chi connectivity index (χ1n) is 8.93. The molecule has 2 aliphatic heterocycles. The van der Waals surface area contributed by atoms with E-state index in [2.05, 4.69) is 37.5 Å². The van der Waals surface area contributed by atoms with Crippen molar-refractivity contribution in [1.82, 2.24) is 19.9 Å². The lowest BCUT2D eigenvalue weighted by Gasteiger charge is -2.50. The van der Waals surface area contributed by atoms with Crippen molar-refractivity contribution in [3.63, 3.8) is 0 Å². The predicted octanol–water partition coefficient (Wildman–Crippen LogP) is 2.64. The van der Waals surface area contributed by atoms with E-state index in [1.165, 1.54) is 5.01 Å². The average molecular weight is 359 g/mol. The van der Waals surface area contributed by atoms with Crippen molar-refractivity contribution in [1.29, 1.82) is 0 Å². The van der Waals surface area contributed by atoms with Gasteiger partial charge >= 0.3 is 0 Å². The number of aryl methyl sites for hydroxylation is 2. The molecule has 6 nitrogen and oxygen atoms in total. The molecule has 134 valence electrons. The molecule has 1 spiro atoms. The van der Waals surface area contributed by atoms with Gasteiger partial charge in [0.1, 0.15) is 5.01 Å². The smallest absolute Gasteiger partial charge is 0.222 e. The monoisotopic (exact) mass is 359 g/mol. The van der Waals surface area contributed by atoms with Gasteiger partial charge in [-0.05, 0) is 38.2 Å². The fourth-order valence-corrected chi connectivity index (χ4v) is 4.69. The number of hydrogen-bond acceptors (Lipinski definition) is 7. The summed E-state index contributed by atoms with van der Waals surface area (Å²) in [5.74, 6) is 1.33. The number of thiazole rings is 1. The van der Waals surface area contributed by atoms with Crippen LogP contribution in [0.2, 0.25) is 0 Å². The molecular formula is C18H25N5OS. The number of likely N-dealkylation sites (tertiary alicyclic amines) is 1. The van der Waals surface area contributed by atoms with E-state index in [9.17, 15) is 0 Å². The van der Waals surface area contributed by atoms with Crippen LogP contribution in [-0.2, 0) is 11.3 Å². The lowest BCUT2D eigenvalue weighted by atomic mass is 9.79. The summed E-state index contributed by atoms with van der Waals surface area (Å²) in [4.78, 5) is 15.6. The zero-order valence-electron chi connectivity index (χ0n) is 14.9. The number of anilines is 1. The second-order valence-corrected chi connectivity index (χ2v) is 8.17. The fraction of sp³-hybridized carbons (Fsp3) is 0.611. The molecule has 2 aromatic heterocycles. The van der Waals surface area contributed by atoms with Crippen molar-refractivity contribution >= 4 is 17.3 Å². The Kier molecular flexibility index (Phi) is 4.71. The van der Waals surface area contributed by atoms with E-state index < -0.39 is 0 Å². The highest BCUT2D eigenvalue weighted by Gasteiger charge is 2.52. The zero-order valence-corrected chi connectivity index (χ0v) is 15.7. The molecule has 2 aromatic rings. The second kappa shape index (κ2) is 6.97. The first-order chi connectivity index (χ1) is 12.1. The van der Waals surface area contributed by atoms with E-state index in [0.717, 1.165) is 56.9 Å². The van der Waals surface area contributed by atoms with Crippen molar-refractivity contribution in [2.24, 2.45) is 5.92 Å². The summed E-state index contributed by atoms with van der Waals surface area (Å²) in [7, 11) is 0. The van der Waals surface area contributed by atoms with Gasteiger partial charge in [0, 0.05) is 49.7 Å². The maximum Gasteiger partial charge on any atom is 0.222 e. The lowest BCUT2D eigenvalue weighted by molar-refractivity contribution is -0.136. The molecule has 0 radical (unpaired) electrons. The van der Waals surface area contributed by atoms with Gasteiger partial charge in [-0.1, -0.05) is 0 Å². The van der Waals surface area contributed by atoms with E-state index in [4.69, 9.17) is 4.74 Å². The van der Waals surface area contributed by atoms with E-state index in [1.807, 2.05) is 19.3 Å². The maximum atomic E-state index is 6.16. The maximum absolute atomic E-state index is 6.16. The Balaban J connectivity index is 1.26. The van der Waals surface area contributed by atoms with Crippen molar-refractivity contribution in [2.45, 2.75) is 38.8 Å². The summed E-state index contributed by atoms with van der Waals surface area (Å²) in [5, 5.41) is 6.67. The molecule has 0 saturated carbocycles. The topological polar surface area (TPSA) is 63.2 Å². The van der Waals surface area contributed by atoms with Crippen molar-refractivity contribution in [3.05, 3.63) is 34.0 Å². The lowest BCUT2D eigenvalue weighted by Crippen LogP contribution is -2.64. The molecule has 2 saturated heterocycles. The molecule has 0 amide bonds. The number of nitrogens with zero attached hydrogens (tertiary/aromatic N) is 4. The largest absolute Gasteiger partial charge is 0.372 e. The molecule has 0 unspecified atom stereocenters. The van der Waals surface area contributed by atoms with Crippen molar-refractivity contribution in [2.75, 3.05) is 31.6 Å². The molecule has 1 N–H and O–H groups in total. The number of hydrogen-bond donors (Lipinski definition) is 1. The van der Waals surface area contributed by atoms with E-state index in [-0.39, 0.29) is 5.60 Å². The minimum Gasteiger partial charge on any atom is -0.372 e. The van der Waals surface area contributed by atoms with Crippen LogP contribution in [0.25, 0.3) is 0 Å². The first-order valence-corrected chi connectivity index (χ1v) is 9.81. The highest BCUT2D eigenvalue weighted by atomic mass is 32.1. The second-order valence-electron chi connectivity index (χ2n) is 7.23. The summed E-state index contributed by atoms with van der Waals surface area (Å²) in [6.07, 6.45) is 5.95. The molecule has 25 heavy (non-hydrogen) atoms. The molecule has 4 heterocycles. The standard InChI is InChI=1S/C18H25N5OS/c1-13-7-20-17(21-8-13)19-5-3-15-4-6-24-18(15)11-23(12-18)9-16-22-14(2)10-25-16/h7-8,10,15H,3-6,9,11-12H2,1-2H3,(H,19,20,21)/t15-/m1/s1. The highest BCUT2D eigenvalue weighted by Crippen LogP contribution is 2.42. The van der Waals surface area contributed by atoms with Gasteiger partial charge in [-0.2, -0.15) is 0 Å². The van der Waals surface area contributed by atoms with Gasteiger partial charge < -0.3 is 10.1 Å². The van der Waals surface area contributed by atoms with E-state index in [0.29, 0.717) is 11.9 Å². The molecule has 0 aromatic carbocycles. The molecule has 1 atom stereocenters. The third kappa shape index (κ3) is 3.68. The van der Waals surface area contributed by atoms with Gasteiger partial charge in [-0.15, -0.1) is 11.3 Å². The molecule has 2 fully saturated rings. The van der Waals surface area contributed by atoms with Crippen LogP contribution in [0.3, 0.4) is 0 Å². The quantitative estimate of drug-likeness (QED) is 0.855.